The second kappa shape index (κ2) is 12.8. The zero-order valence-electron chi connectivity index (χ0n) is 18.6. The van der Waals surface area contributed by atoms with Crippen molar-refractivity contribution in [1.82, 2.24) is 20.9 Å². The Labute approximate surface area is 170 Å². The molecule has 3 N–H and O–H groups in total. The van der Waals surface area contributed by atoms with Gasteiger partial charge in [0.15, 0.2) is 5.96 Å². The topological polar surface area (TPSA) is 87.2 Å². The number of morpholine rings is 1. The highest BCUT2D eigenvalue weighted by Crippen LogP contribution is 2.13. The fourth-order valence-electron chi connectivity index (χ4n) is 2.98. The van der Waals surface area contributed by atoms with Crippen LogP contribution in [0.2, 0.25) is 0 Å². The van der Waals surface area contributed by atoms with Crippen molar-refractivity contribution in [1.29, 1.82) is 0 Å². The number of nitrogens with zero attached hydrogens (tertiary/aromatic N) is 2. The number of nitrogens with one attached hydrogen (secondary N) is 3. The third-order valence-electron chi connectivity index (χ3n) is 4.38. The predicted octanol–water partition coefficient (Wildman–Crippen LogP) is 1.81. The molecule has 1 atom stereocenters. The van der Waals surface area contributed by atoms with Crippen LogP contribution in [0.15, 0.2) is 4.99 Å². The molecule has 0 aromatic heterocycles. The van der Waals surface area contributed by atoms with Crippen molar-refractivity contribution < 1.29 is 14.3 Å². The molecule has 0 saturated carbocycles. The minimum absolute atomic E-state index is 0.377. The van der Waals surface area contributed by atoms with E-state index < -0.39 is 5.60 Å². The Kier molecular flexibility index (Phi) is 11.2. The van der Waals surface area contributed by atoms with E-state index in [0.717, 1.165) is 58.3 Å². The molecular weight excluding hydrogens is 358 g/mol. The highest BCUT2D eigenvalue weighted by molar-refractivity contribution is 5.79. The molecule has 0 spiro atoms. The van der Waals surface area contributed by atoms with E-state index in [-0.39, 0.29) is 6.09 Å². The predicted molar refractivity (Wildman–Crippen MR) is 114 cm³/mol. The summed E-state index contributed by atoms with van der Waals surface area (Å²) in [6.45, 7) is 18.5. The molecule has 8 heteroatoms. The molecule has 164 valence electrons. The van der Waals surface area contributed by atoms with Gasteiger partial charge in [0.05, 0.1) is 19.8 Å². The van der Waals surface area contributed by atoms with Gasteiger partial charge in [-0.2, -0.15) is 0 Å². The lowest BCUT2D eigenvalue weighted by Gasteiger charge is -2.36. The van der Waals surface area contributed by atoms with Crippen LogP contribution >= 0.6 is 0 Å². The fraction of sp³-hybridized carbons (Fsp3) is 0.900. The van der Waals surface area contributed by atoms with Crippen molar-refractivity contribution in [2.45, 2.75) is 59.6 Å². The van der Waals surface area contributed by atoms with Crippen molar-refractivity contribution in [2.24, 2.45) is 10.9 Å². The van der Waals surface area contributed by atoms with E-state index in [4.69, 9.17) is 14.5 Å². The summed E-state index contributed by atoms with van der Waals surface area (Å²) in [4.78, 5) is 18.9. The van der Waals surface area contributed by atoms with Crippen LogP contribution in [-0.2, 0) is 9.47 Å². The Bertz CT molecular complexity index is 471. The van der Waals surface area contributed by atoms with Gasteiger partial charge in [-0.25, -0.2) is 4.79 Å². The zero-order chi connectivity index (χ0) is 21.0. The lowest BCUT2D eigenvalue weighted by molar-refractivity contribution is 0.00867. The van der Waals surface area contributed by atoms with Crippen LogP contribution in [0.4, 0.5) is 4.79 Å². The molecule has 0 bridgehead atoms. The Morgan fingerprint density at radius 2 is 1.79 bits per heavy atom. The van der Waals surface area contributed by atoms with Crippen molar-refractivity contribution in [3.8, 4) is 0 Å². The normalized spacial score (nSPS) is 17.3. The average molecular weight is 400 g/mol. The molecule has 1 saturated heterocycles. The van der Waals surface area contributed by atoms with Crippen LogP contribution in [0.25, 0.3) is 0 Å². The summed E-state index contributed by atoms with van der Waals surface area (Å²) >= 11 is 0. The Hall–Kier alpha value is -1.54. The van der Waals surface area contributed by atoms with Gasteiger partial charge in [-0.05, 0) is 40.0 Å². The minimum Gasteiger partial charge on any atom is -0.444 e. The second-order valence-electron chi connectivity index (χ2n) is 8.39. The molecule has 1 aliphatic heterocycles. The van der Waals surface area contributed by atoms with Crippen molar-refractivity contribution in [3.63, 3.8) is 0 Å². The Morgan fingerprint density at radius 3 is 2.36 bits per heavy atom. The quantitative estimate of drug-likeness (QED) is 0.311. The smallest absolute Gasteiger partial charge is 0.407 e. The zero-order valence-corrected chi connectivity index (χ0v) is 18.6. The Morgan fingerprint density at radius 1 is 1.14 bits per heavy atom. The summed E-state index contributed by atoms with van der Waals surface area (Å²) in [6, 6.07) is 0.410. The van der Waals surface area contributed by atoms with Gasteiger partial charge in [-0.1, -0.05) is 13.8 Å². The highest BCUT2D eigenvalue weighted by Gasteiger charge is 2.23. The van der Waals surface area contributed by atoms with Gasteiger partial charge in [-0.3, -0.25) is 9.89 Å². The standard InChI is InChI=1S/C20H41N5O3/c1-7-21-18(22-9-8-10-23-19(26)28-20(4,5)6)24-15-17(16(2)3)25-11-13-27-14-12-25/h16-17H,7-15H2,1-6H3,(H,23,26)(H2,21,22,24). The molecule has 1 fully saturated rings. The van der Waals surface area contributed by atoms with E-state index in [0.29, 0.717) is 18.5 Å². The first kappa shape index (κ1) is 24.5. The summed E-state index contributed by atoms with van der Waals surface area (Å²) in [5, 5.41) is 9.41. The van der Waals surface area contributed by atoms with Crippen LogP contribution in [-0.4, -0.2) is 81.1 Å². The molecule has 0 aromatic carbocycles. The van der Waals surface area contributed by atoms with Crippen molar-refractivity contribution in [3.05, 3.63) is 0 Å². The summed E-state index contributed by atoms with van der Waals surface area (Å²) in [6.07, 6.45) is 0.416. The van der Waals surface area contributed by atoms with E-state index in [1.54, 1.807) is 0 Å². The van der Waals surface area contributed by atoms with E-state index in [9.17, 15) is 4.79 Å². The molecule has 0 aliphatic carbocycles. The van der Waals surface area contributed by atoms with Crippen LogP contribution in [0.3, 0.4) is 0 Å². The van der Waals surface area contributed by atoms with Crippen LogP contribution in [0, 0.1) is 5.92 Å². The van der Waals surface area contributed by atoms with E-state index >= 15 is 0 Å². The lowest BCUT2D eigenvalue weighted by atomic mass is 10.0. The van der Waals surface area contributed by atoms with E-state index in [1.807, 2.05) is 20.8 Å². The third kappa shape index (κ3) is 10.7. The lowest BCUT2D eigenvalue weighted by Crippen LogP contribution is -2.48. The summed E-state index contributed by atoms with van der Waals surface area (Å²) < 4.78 is 10.7. The molecule has 8 nitrogen and oxygen atoms in total. The van der Waals surface area contributed by atoms with Crippen LogP contribution in [0.1, 0.15) is 48.0 Å². The first-order valence-electron chi connectivity index (χ1n) is 10.5. The fourth-order valence-corrected chi connectivity index (χ4v) is 2.98. The van der Waals surface area contributed by atoms with Crippen LogP contribution < -0.4 is 16.0 Å². The number of ether oxygens (including phenoxy) is 2. The second-order valence-corrected chi connectivity index (χ2v) is 8.39. The molecule has 0 radical (unpaired) electrons. The number of aliphatic imine (C=N–C) groups is 1. The number of rotatable bonds is 9. The van der Waals surface area contributed by atoms with Gasteiger partial charge in [-0.15, -0.1) is 0 Å². The van der Waals surface area contributed by atoms with Gasteiger partial charge in [0.2, 0.25) is 0 Å². The van der Waals surface area contributed by atoms with Crippen LogP contribution in [0.5, 0.6) is 0 Å². The number of amides is 1. The highest BCUT2D eigenvalue weighted by atomic mass is 16.6. The molecule has 1 aliphatic rings. The number of carbonyl (C=O) groups is 1. The number of guanidine groups is 1. The summed E-state index contributed by atoms with van der Waals surface area (Å²) in [7, 11) is 0. The first-order chi connectivity index (χ1) is 13.2. The average Bonchev–Trinajstić information content (AvgIpc) is 2.60. The molecule has 1 heterocycles. The molecule has 0 aromatic rings. The number of alkyl carbamates (subject to hydrolysis) is 1. The van der Waals surface area contributed by atoms with Gasteiger partial charge in [0, 0.05) is 38.8 Å². The largest absolute Gasteiger partial charge is 0.444 e. The molecule has 1 unspecified atom stereocenters. The molecule has 1 amide bonds. The molecular formula is C20H41N5O3. The first-order valence-corrected chi connectivity index (χ1v) is 10.5. The SMILES string of the molecule is CCNC(=NCC(C(C)C)N1CCOCC1)NCCCNC(=O)OC(C)(C)C. The van der Waals surface area contributed by atoms with E-state index in [1.165, 1.54) is 0 Å². The number of hydrogen-bond donors (Lipinski definition) is 3. The van der Waals surface area contributed by atoms with Crippen molar-refractivity contribution in [2.75, 3.05) is 52.5 Å². The maximum absolute atomic E-state index is 11.6. The van der Waals surface area contributed by atoms with Gasteiger partial charge >= 0.3 is 6.09 Å². The van der Waals surface area contributed by atoms with Crippen molar-refractivity contribution >= 4 is 12.1 Å². The maximum atomic E-state index is 11.6. The monoisotopic (exact) mass is 399 g/mol. The number of carbonyl (C=O) groups excluding carboxylic acids is 1. The van der Waals surface area contributed by atoms with Gasteiger partial charge in [0.1, 0.15) is 5.60 Å². The summed E-state index contributed by atoms with van der Waals surface area (Å²) in [5.74, 6) is 1.35. The van der Waals surface area contributed by atoms with Gasteiger partial charge in [0.25, 0.3) is 0 Å². The molecule has 28 heavy (non-hydrogen) atoms. The maximum Gasteiger partial charge on any atom is 0.407 e. The van der Waals surface area contributed by atoms with Gasteiger partial charge < -0.3 is 25.4 Å². The molecule has 1 rings (SSSR count). The third-order valence-corrected chi connectivity index (χ3v) is 4.38. The summed E-state index contributed by atoms with van der Waals surface area (Å²) in [5.41, 5.74) is -0.472. The Balaban J connectivity index is 2.40. The van der Waals surface area contributed by atoms with E-state index in [2.05, 4.69) is 41.6 Å². The number of hydrogen-bond acceptors (Lipinski definition) is 5. The minimum atomic E-state index is -0.472.